The molecule has 0 radical (unpaired) electrons. The van der Waals surface area contributed by atoms with Crippen LogP contribution in [0, 0.1) is 29.1 Å². The number of nitrogens with one attached hydrogen (secondary N) is 1. The van der Waals surface area contributed by atoms with Crippen LogP contribution in [0.1, 0.15) is 88.7 Å². The number of aliphatic hydroxyl groups excluding tert-OH is 3. The van der Waals surface area contributed by atoms with Crippen molar-refractivity contribution in [3.63, 3.8) is 0 Å². The van der Waals surface area contributed by atoms with Crippen LogP contribution in [0.2, 0.25) is 0 Å². The smallest absolute Gasteiger partial charge is 0.247 e. The maximum atomic E-state index is 14.2. The van der Waals surface area contributed by atoms with Crippen molar-refractivity contribution in [1.29, 1.82) is 0 Å². The van der Waals surface area contributed by atoms with Crippen molar-refractivity contribution in [3.8, 4) is 11.5 Å². The zero-order chi connectivity index (χ0) is 31.2. The molecule has 5 aliphatic carbocycles. The first-order chi connectivity index (χ1) is 21.2. The highest BCUT2D eigenvalue weighted by atomic mass is 16.5. The summed E-state index contributed by atoms with van der Waals surface area (Å²) in [7, 11) is 1.52. The molecule has 9 nitrogen and oxygen atoms in total. The molecule has 6 aliphatic rings. The molecule has 7 rings (SSSR count). The van der Waals surface area contributed by atoms with E-state index < -0.39 is 24.2 Å². The Bertz CT molecular complexity index is 1270. The average molecular weight is 611 g/mol. The van der Waals surface area contributed by atoms with E-state index in [0.717, 1.165) is 25.2 Å². The average Bonchev–Trinajstić information content (AvgIpc) is 3.70. The Hall–Kier alpha value is -2.62. The first-order valence-corrected chi connectivity index (χ1v) is 16.7. The summed E-state index contributed by atoms with van der Waals surface area (Å²) in [5, 5.41) is 34.2. The fourth-order valence-electron chi connectivity index (χ4n) is 9.21. The highest BCUT2D eigenvalue weighted by Gasteiger charge is 2.56. The van der Waals surface area contributed by atoms with Gasteiger partial charge in [0, 0.05) is 30.6 Å². The second-order valence-electron chi connectivity index (χ2n) is 14.5. The molecule has 4 fully saturated rings. The van der Waals surface area contributed by atoms with Gasteiger partial charge in [0.05, 0.1) is 32.3 Å². The zero-order valence-corrected chi connectivity index (χ0v) is 26.5. The third-order valence-corrected chi connectivity index (χ3v) is 11.8. The molecular weight excluding hydrogens is 560 g/mol. The Balaban J connectivity index is 1.36. The summed E-state index contributed by atoms with van der Waals surface area (Å²) >= 11 is 0. The molecular formula is C35H50N2O7. The first kappa shape index (κ1) is 31.4. The van der Waals surface area contributed by atoms with E-state index in [9.17, 15) is 24.9 Å². The molecule has 1 aromatic rings. The third kappa shape index (κ3) is 5.53. The normalized spacial score (nSPS) is 31.7. The van der Waals surface area contributed by atoms with Gasteiger partial charge in [0.1, 0.15) is 12.2 Å². The number of nitrogens with zero attached hydrogens (tertiary/aromatic N) is 1. The molecule has 242 valence electrons. The van der Waals surface area contributed by atoms with Crippen LogP contribution in [0.25, 0.3) is 0 Å². The molecule has 0 spiro atoms. The van der Waals surface area contributed by atoms with Crippen LogP contribution < -0.4 is 14.8 Å². The zero-order valence-electron chi connectivity index (χ0n) is 26.5. The van der Waals surface area contributed by atoms with Gasteiger partial charge in [-0.05, 0) is 78.5 Å². The lowest BCUT2D eigenvalue weighted by Gasteiger charge is -2.61. The summed E-state index contributed by atoms with van der Waals surface area (Å²) in [4.78, 5) is 29.8. The minimum Gasteiger partial charge on any atom is -0.493 e. The van der Waals surface area contributed by atoms with Gasteiger partial charge in [-0.25, -0.2) is 0 Å². The van der Waals surface area contributed by atoms with Crippen molar-refractivity contribution in [2.75, 3.05) is 26.8 Å². The number of ether oxygens (including phenoxy) is 2. The number of hydrogen-bond acceptors (Lipinski definition) is 7. The summed E-state index contributed by atoms with van der Waals surface area (Å²) in [5.41, 5.74) is 1.92. The summed E-state index contributed by atoms with van der Waals surface area (Å²) in [6.07, 6.45) is 9.36. The molecule has 2 bridgehead atoms. The lowest BCUT2D eigenvalue weighted by Crippen LogP contribution is -2.59. The third-order valence-electron chi connectivity index (χ3n) is 11.8. The van der Waals surface area contributed by atoms with Crippen LogP contribution in [0.3, 0.4) is 0 Å². The number of rotatable bonds is 11. The Kier molecular flexibility index (Phi) is 9.01. The van der Waals surface area contributed by atoms with E-state index in [1.54, 1.807) is 18.2 Å². The van der Waals surface area contributed by atoms with Gasteiger partial charge in [-0.15, -0.1) is 0 Å². The number of carbonyl (C=O) groups excluding carboxylic acids is 2. The van der Waals surface area contributed by atoms with Crippen LogP contribution in [0.15, 0.2) is 23.8 Å². The summed E-state index contributed by atoms with van der Waals surface area (Å²) in [6, 6.07) is 2.76. The van der Waals surface area contributed by atoms with E-state index in [-0.39, 0.29) is 37.0 Å². The lowest BCUT2D eigenvalue weighted by molar-refractivity contribution is -0.146. The molecule has 2 amide bonds. The molecule has 4 saturated carbocycles. The first-order valence-electron chi connectivity index (χ1n) is 16.7. The standard InChI is InChI=1S/C35H50N2O7/c1-35(2)23-10-9-22(26(35)16-23)18-37(29(40)11-8-20-6-4-5-7-20)27-17-25(34(42)36-12-13-38)30-24-14-21(19-39)15-28(43-3)32(24)44-33(30)31(27)41/h14-15,17,20,22-23,26-27,30-31,33,38-39,41H,4-13,16,18-19H2,1-3H3,(H,36,42). The molecule has 44 heavy (non-hydrogen) atoms. The Morgan fingerprint density at radius 1 is 1.14 bits per heavy atom. The van der Waals surface area contributed by atoms with Gasteiger partial charge in [-0.3, -0.25) is 9.59 Å². The predicted molar refractivity (Wildman–Crippen MR) is 165 cm³/mol. The molecule has 7 unspecified atom stereocenters. The number of carbonyl (C=O) groups is 2. The summed E-state index contributed by atoms with van der Waals surface area (Å²) in [5.74, 6) is 2.08. The number of amides is 2. The highest BCUT2D eigenvalue weighted by Crippen LogP contribution is 2.61. The van der Waals surface area contributed by atoms with E-state index in [0.29, 0.717) is 58.9 Å². The van der Waals surface area contributed by atoms with Crippen LogP contribution in [0.5, 0.6) is 11.5 Å². The van der Waals surface area contributed by atoms with E-state index in [1.165, 1.54) is 39.2 Å². The fraction of sp³-hybridized carbons (Fsp3) is 0.714. The summed E-state index contributed by atoms with van der Waals surface area (Å²) in [6.45, 7) is 4.91. The lowest BCUT2D eigenvalue weighted by atomic mass is 9.45. The second kappa shape index (κ2) is 12.6. The molecule has 1 aromatic carbocycles. The van der Waals surface area contributed by atoms with E-state index in [1.807, 2.05) is 4.90 Å². The molecule has 4 N–H and O–H groups in total. The van der Waals surface area contributed by atoms with Gasteiger partial charge in [-0.2, -0.15) is 0 Å². The van der Waals surface area contributed by atoms with Gasteiger partial charge in [0.15, 0.2) is 11.5 Å². The van der Waals surface area contributed by atoms with Crippen molar-refractivity contribution in [2.45, 2.75) is 102 Å². The van der Waals surface area contributed by atoms with Gasteiger partial charge in [-0.1, -0.05) is 39.5 Å². The summed E-state index contributed by atoms with van der Waals surface area (Å²) < 4.78 is 12.0. The van der Waals surface area contributed by atoms with E-state index in [4.69, 9.17) is 9.47 Å². The number of aliphatic hydroxyl groups is 3. The Morgan fingerprint density at radius 2 is 1.91 bits per heavy atom. The van der Waals surface area contributed by atoms with Crippen molar-refractivity contribution >= 4 is 11.8 Å². The molecule has 0 aromatic heterocycles. The topological polar surface area (TPSA) is 129 Å². The second-order valence-corrected chi connectivity index (χ2v) is 14.5. The van der Waals surface area contributed by atoms with Crippen LogP contribution in [0.4, 0.5) is 0 Å². The van der Waals surface area contributed by atoms with Crippen molar-refractivity contribution in [3.05, 3.63) is 34.9 Å². The monoisotopic (exact) mass is 610 g/mol. The molecule has 1 heterocycles. The van der Waals surface area contributed by atoms with Crippen molar-refractivity contribution < 1.29 is 34.4 Å². The molecule has 1 aliphatic heterocycles. The SMILES string of the molecule is COc1cc(CO)cc2c1OC1C2C(C(=O)NCCO)=CC(N(CC2CCC3CC2C3(C)C)C(=O)CCC2CCCC2)C1O. The minimum absolute atomic E-state index is 0.0284. The maximum absolute atomic E-state index is 14.2. The Morgan fingerprint density at radius 3 is 2.57 bits per heavy atom. The van der Waals surface area contributed by atoms with Crippen molar-refractivity contribution in [2.24, 2.45) is 29.1 Å². The van der Waals surface area contributed by atoms with Gasteiger partial charge in [0.2, 0.25) is 11.8 Å². The van der Waals surface area contributed by atoms with Gasteiger partial charge >= 0.3 is 0 Å². The maximum Gasteiger partial charge on any atom is 0.247 e. The number of methoxy groups -OCH3 is 1. The van der Waals surface area contributed by atoms with Crippen molar-refractivity contribution in [1.82, 2.24) is 10.2 Å². The number of hydrogen-bond donors (Lipinski definition) is 4. The van der Waals surface area contributed by atoms with Gasteiger partial charge in [0.25, 0.3) is 0 Å². The highest BCUT2D eigenvalue weighted by molar-refractivity contribution is 5.96. The van der Waals surface area contributed by atoms with E-state index >= 15 is 0 Å². The molecule has 0 saturated heterocycles. The van der Waals surface area contributed by atoms with E-state index in [2.05, 4.69) is 19.2 Å². The van der Waals surface area contributed by atoms with Crippen LogP contribution in [-0.4, -0.2) is 77.1 Å². The quantitative estimate of drug-likeness (QED) is 0.301. The molecule has 7 atom stereocenters. The number of benzene rings is 1. The predicted octanol–water partition coefficient (Wildman–Crippen LogP) is 3.68. The van der Waals surface area contributed by atoms with Crippen LogP contribution in [-0.2, 0) is 16.2 Å². The Labute approximate surface area is 261 Å². The minimum atomic E-state index is -1.08. The fourth-order valence-corrected chi connectivity index (χ4v) is 9.21. The molecule has 9 heteroatoms. The van der Waals surface area contributed by atoms with Gasteiger partial charge < -0.3 is 35.0 Å². The van der Waals surface area contributed by atoms with Crippen LogP contribution >= 0.6 is 0 Å². The number of fused-ring (bicyclic) bond motifs is 5. The largest absolute Gasteiger partial charge is 0.493 e.